The standard InChI is InChI=1S/C10H14N4/c1-11-6-4-3-5-9-7-13-10(12-2)14-8-9/h7-8,11H,4,6H2,1-2H3,(H,12,13,14). The van der Waals surface area contributed by atoms with Gasteiger partial charge < -0.3 is 10.6 Å². The summed E-state index contributed by atoms with van der Waals surface area (Å²) in [4.78, 5) is 8.11. The first-order chi connectivity index (χ1) is 6.86. The highest BCUT2D eigenvalue weighted by Gasteiger charge is 1.90. The van der Waals surface area contributed by atoms with Crippen molar-refractivity contribution in [2.45, 2.75) is 6.42 Å². The molecule has 0 aliphatic heterocycles. The van der Waals surface area contributed by atoms with Crippen molar-refractivity contribution in [1.82, 2.24) is 15.3 Å². The maximum Gasteiger partial charge on any atom is 0.222 e. The lowest BCUT2D eigenvalue weighted by Gasteiger charge is -1.95. The zero-order valence-corrected chi connectivity index (χ0v) is 8.46. The van der Waals surface area contributed by atoms with Crippen LogP contribution in [0, 0.1) is 11.8 Å². The highest BCUT2D eigenvalue weighted by Crippen LogP contribution is 1.96. The van der Waals surface area contributed by atoms with Crippen LogP contribution in [-0.2, 0) is 0 Å². The lowest BCUT2D eigenvalue weighted by molar-refractivity contribution is 0.818. The van der Waals surface area contributed by atoms with Crippen molar-refractivity contribution < 1.29 is 0 Å². The van der Waals surface area contributed by atoms with Crippen LogP contribution in [0.3, 0.4) is 0 Å². The van der Waals surface area contributed by atoms with Gasteiger partial charge in [0.2, 0.25) is 5.95 Å². The predicted molar refractivity (Wildman–Crippen MR) is 57.0 cm³/mol. The number of nitrogens with one attached hydrogen (secondary N) is 2. The number of nitrogens with zero attached hydrogens (tertiary/aromatic N) is 2. The molecule has 0 fully saturated rings. The van der Waals surface area contributed by atoms with Crippen LogP contribution in [0.5, 0.6) is 0 Å². The van der Waals surface area contributed by atoms with E-state index in [0.29, 0.717) is 5.95 Å². The fraction of sp³-hybridized carbons (Fsp3) is 0.400. The molecule has 0 atom stereocenters. The number of hydrogen-bond donors (Lipinski definition) is 2. The van der Waals surface area contributed by atoms with Crippen LogP contribution in [0.2, 0.25) is 0 Å². The Morgan fingerprint density at radius 3 is 2.57 bits per heavy atom. The molecule has 1 rings (SSSR count). The van der Waals surface area contributed by atoms with E-state index in [4.69, 9.17) is 0 Å². The summed E-state index contributed by atoms with van der Waals surface area (Å²) in [5.74, 6) is 6.63. The minimum absolute atomic E-state index is 0.616. The molecule has 1 heterocycles. The molecule has 14 heavy (non-hydrogen) atoms. The van der Waals surface area contributed by atoms with E-state index >= 15 is 0 Å². The highest BCUT2D eigenvalue weighted by atomic mass is 15.1. The van der Waals surface area contributed by atoms with Gasteiger partial charge in [-0.2, -0.15) is 0 Å². The minimum atomic E-state index is 0.616. The zero-order chi connectivity index (χ0) is 10.2. The van der Waals surface area contributed by atoms with E-state index in [1.165, 1.54) is 0 Å². The van der Waals surface area contributed by atoms with Crippen LogP contribution in [-0.4, -0.2) is 30.6 Å². The maximum absolute atomic E-state index is 4.06. The van der Waals surface area contributed by atoms with Crippen molar-refractivity contribution in [2.75, 3.05) is 26.0 Å². The van der Waals surface area contributed by atoms with Gasteiger partial charge in [-0.25, -0.2) is 9.97 Å². The highest BCUT2D eigenvalue weighted by molar-refractivity contribution is 5.33. The van der Waals surface area contributed by atoms with Crippen molar-refractivity contribution in [3.8, 4) is 11.8 Å². The third-order valence-corrected chi connectivity index (χ3v) is 1.61. The topological polar surface area (TPSA) is 49.8 Å². The van der Waals surface area contributed by atoms with Gasteiger partial charge in [0.15, 0.2) is 0 Å². The SMILES string of the molecule is CNCCC#Cc1cnc(NC)nc1. The van der Waals surface area contributed by atoms with E-state index in [9.17, 15) is 0 Å². The van der Waals surface area contributed by atoms with Crippen LogP contribution < -0.4 is 10.6 Å². The van der Waals surface area contributed by atoms with Crippen molar-refractivity contribution in [3.63, 3.8) is 0 Å². The number of aromatic nitrogens is 2. The minimum Gasteiger partial charge on any atom is -0.357 e. The van der Waals surface area contributed by atoms with Crippen molar-refractivity contribution in [1.29, 1.82) is 0 Å². The largest absolute Gasteiger partial charge is 0.357 e. The Balaban J connectivity index is 2.53. The van der Waals surface area contributed by atoms with Gasteiger partial charge >= 0.3 is 0 Å². The first-order valence-corrected chi connectivity index (χ1v) is 4.50. The van der Waals surface area contributed by atoms with Crippen LogP contribution in [0.4, 0.5) is 5.95 Å². The lowest BCUT2D eigenvalue weighted by atomic mass is 10.3. The third kappa shape index (κ3) is 3.42. The van der Waals surface area contributed by atoms with Gasteiger partial charge in [-0.1, -0.05) is 11.8 Å². The van der Waals surface area contributed by atoms with E-state index in [1.54, 1.807) is 19.4 Å². The summed E-state index contributed by atoms with van der Waals surface area (Å²) in [6, 6.07) is 0. The molecule has 0 aliphatic carbocycles. The normalized spacial score (nSPS) is 9.00. The molecule has 0 amide bonds. The first kappa shape index (κ1) is 10.5. The molecule has 0 saturated heterocycles. The number of hydrogen-bond acceptors (Lipinski definition) is 4. The lowest BCUT2D eigenvalue weighted by Crippen LogP contribution is -2.05. The molecule has 0 spiro atoms. The van der Waals surface area contributed by atoms with E-state index in [2.05, 4.69) is 32.4 Å². The fourth-order valence-corrected chi connectivity index (χ4v) is 0.874. The average molecular weight is 190 g/mol. The molecule has 4 heteroatoms. The van der Waals surface area contributed by atoms with Gasteiger partial charge in [-0.05, 0) is 7.05 Å². The molecular formula is C10H14N4. The van der Waals surface area contributed by atoms with E-state index in [0.717, 1.165) is 18.5 Å². The molecule has 0 aliphatic rings. The van der Waals surface area contributed by atoms with Crippen molar-refractivity contribution >= 4 is 5.95 Å². The number of rotatable bonds is 3. The molecule has 0 unspecified atom stereocenters. The monoisotopic (exact) mass is 190 g/mol. The van der Waals surface area contributed by atoms with Crippen LogP contribution in [0.1, 0.15) is 12.0 Å². The van der Waals surface area contributed by atoms with Gasteiger partial charge in [-0.15, -0.1) is 0 Å². The van der Waals surface area contributed by atoms with E-state index < -0.39 is 0 Å². The molecule has 2 N–H and O–H groups in total. The van der Waals surface area contributed by atoms with Gasteiger partial charge in [0.05, 0.1) is 5.56 Å². The van der Waals surface area contributed by atoms with Gasteiger partial charge in [0, 0.05) is 32.4 Å². The Kier molecular flexibility index (Phi) is 4.45. The van der Waals surface area contributed by atoms with Crippen LogP contribution >= 0.6 is 0 Å². The quantitative estimate of drug-likeness (QED) is 0.537. The molecule has 0 aromatic carbocycles. The predicted octanol–water partition coefficient (Wildman–Crippen LogP) is 0.479. The maximum atomic E-state index is 4.06. The molecular weight excluding hydrogens is 176 g/mol. The third-order valence-electron chi connectivity index (χ3n) is 1.61. The summed E-state index contributed by atoms with van der Waals surface area (Å²) >= 11 is 0. The molecule has 0 saturated carbocycles. The molecule has 0 radical (unpaired) electrons. The zero-order valence-electron chi connectivity index (χ0n) is 8.46. The second-order valence-corrected chi connectivity index (χ2v) is 2.70. The summed E-state index contributed by atoms with van der Waals surface area (Å²) in [6.45, 7) is 0.905. The van der Waals surface area contributed by atoms with Crippen LogP contribution in [0.15, 0.2) is 12.4 Å². The molecule has 74 valence electrons. The Morgan fingerprint density at radius 1 is 1.29 bits per heavy atom. The first-order valence-electron chi connectivity index (χ1n) is 4.50. The van der Waals surface area contributed by atoms with Gasteiger partial charge in [0.1, 0.15) is 0 Å². The van der Waals surface area contributed by atoms with Crippen molar-refractivity contribution in [3.05, 3.63) is 18.0 Å². The molecule has 1 aromatic rings. The summed E-state index contributed by atoms with van der Waals surface area (Å²) in [6.07, 6.45) is 4.26. The molecule has 0 bridgehead atoms. The molecule has 4 nitrogen and oxygen atoms in total. The van der Waals surface area contributed by atoms with Gasteiger partial charge in [0.25, 0.3) is 0 Å². The second-order valence-electron chi connectivity index (χ2n) is 2.70. The smallest absolute Gasteiger partial charge is 0.222 e. The van der Waals surface area contributed by atoms with E-state index in [-0.39, 0.29) is 0 Å². The van der Waals surface area contributed by atoms with E-state index in [1.807, 2.05) is 7.05 Å². The average Bonchev–Trinajstić information content (AvgIpc) is 2.25. The summed E-state index contributed by atoms with van der Waals surface area (Å²) in [5, 5.41) is 5.88. The second kappa shape index (κ2) is 5.95. The Bertz CT molecular complexity index is 320. The summed E-state index contributed by atoms with van der Waals surface area (Å²) in [7, 11) is 3.69. The fourth-order valence-electron chi connectivity index (χ4n) is 0.874. The Hall–Kier alpha value is -1.60. The Labute approximate surface area is 84.2 Å². The summed E-state index contributed by atoms with van der Waals surface area (Å²) < 4.78 is 0. The van der Waals surface area contributed by atoms with Crippen LogP contribution in [0.25, 0.3) is 0 Å². The molecule has 1 aromatic heterocycles. The van der Waals surface area contributed by atoms with Gasteiger partial charge in [-0.3, -0.25) is 0 Å². The summed E-state index contributed by atoms with van der Waals surface area (Å²) in [5.41, 5.74) is 0.847. The number of anilines is 1. The Morgan fingerprint density at radius 2 is 2.00 bits per heavy atom. The van der Waals surface area contributed by atoms with Crippen molar-refractivity contribution in [2.24, 2.45) is 0 Å².